The average molecular weight is 250 g/mol. The van der Waals surface area contributed by atoms with Gasteiger partial charge in [0.1, 0.15) is 0 Å². The van der Waals surface area contributed by atoms with Gasteiger partial charge in [0.15, 0.2) is 6.61 Å². The molecule has 0 fully saturated rings. The van der Waals surface area contributed by atoms with E-state index in [0.29, 0.717) is 5.56 Å². The maximum Gasteiger partial charge on any atom is 0.333 e. The molecule has 1 aromatic carbocycles. The molecule has 0 aliphatic heterocycles. The van der Waals surface area contributed by atoms with Crippen LogP contribution >= 0.6 is 0 Å². The van der Waals surface area contributed by atoms with E-state index < -0.39 is 18.4 Å². The van der Waals surface area contributed by atoms with Crippen molar-refractivity contribution in [2.75, 3.05) is 6.61 Å². The fourth-order valence-corrected chi connectivity index (χ4v) is 1.25. The zero-order chi connectivity index (χ0) is 13.6. The second-order valence-corrected chi connectivity index (χ2v) is 3.72. The molecule has 0 amide bonds. The fourth-order valence-electron chi connectivity index (χ4n) is 1.25. The van der Waals surface area contributed by atoms with Crippen LogP contribution in [0, 0.1) is 0 Å². The molecule has 5 heteroatoms. The van der Waals surface area contributed by atoms with Gasteiger partial charge in [-0.25, -0.2) is 4.79 Å². The van der Waals surface area contributed by atoms with Crippen LogP contribution in [-0.4, -0.2) is 24.2 Å². The first kappa shape index (κ1) is 13.9. The quantitative estimate of drug-likeness (QED) is 0.354. The number of benzene rings is 1. The lowest BCUT2D eigenvalue weighted by molar-refractivity contribution is -0.224. The Kier molecular flexibility index (Phi) is 4.62. The highest BCUT2D eigenvalue weighted by Gasteiger charge is 2.33. The highest BCUT2D eigenvalue weighted by Crippen LogP contribution is 2.22. The maximum absolute atomic E-state index is 11.2. The smallest absolute Gasteiger partial charge is 0.333 e. The van der Waals surface area contributed by atoms with Gasteiger partial charge in [0.05, 0.1) is 0 Å². The minimum atomic E-state index is -1.99. The van der Waals surface area contributed by atoms with Crippen molar-refractivity contribution in [1.82, 2.24) is 0 Å². The molecule has 0 aromatic heterocycles. The van der Waals surface area contributed by atoms with Crippen LogP contribution in [-0.2, 0) is 24.8 Å². The van der Waals surface area contributed by atoms with Crippen molar-refractivity contribution in [3.63, 3.8) is 0 Å². The van der Waals surface area contributed by atoms with Crippen molar-refractivity contribution in [1.29, 1.82) is 0 Å². The zero-order valence-electron chi connectivity index (χ0n) is 9.96. The largest absolute Gasteiger partial charge is 0.455 e. The molecular formula is C13H14O5. The molecular weight excluding hydrogens is 236 g/mol. The molecule has 1 aromatic rings. The first-order valence-corrected chi connectivity index (χ1v) is 5.21. The number of aliphatic hydroxyl groups is 1. The summed E-state index contributed by atoms with van der Waals surface area (Å²) in [6.45, 7) is 4.48. The van der Waals surface area contributed by atoms with Gasteiger partial charge in [0.2, 0.25) is 0 Å². The van der Waals surface area contributed by atoms with Crippen LogP contribution in [0.5, 0.6) is 0 Å². The molecule has 0 aliphatic carbocycles. The molecule has 18 heavy (non-hydrogen) atoms. The molecule has 1 N–H and O–H groups in total. The molecule has 1 unspecified atom stereocenters. The van der Waals surface area contributed by atoms with Crippen molar-refractivity contribution >= 4 is 12.4 Å². The van der Waals surface area contributed by atoms with Crippen molar-refractivity contribution in [2.24, 2.45) is 0 Å². The Bertz CT molecular complexity index is 440. The third-order valence-electron chi connectivity index (χ3n) is 2.22. The molecule has 96 valence electrons. The highest BCUT2D eigenvalue weighted by molar-refractivity contribution is 5.86. The van der Waals surface area contributed by atoms with E-state index in [-0.39, 0.29) is 12.0 Å². The third-order valence-corrected chi connectivity index (χ3v) is 2.22. The van der Waals surface area contributed by atoms with Crippen molar-refractivity contribution in [3.8, 4) is 0 Å². The number of esters is 1. The van der Waals surface area contributed by atoms with Gasteiger partial charge in [0.25, 0.3) is 12.3 Å². The first-order valence-electron chi connectivity index (χ1n) is 5.21. The number of ether oxygens (including phenoxy) is 2. The van der Waals surface area contributed by atoms with Gasteiger partial charge >= 0.3 is 5.97 Å². The minimum absolute atomic E-state index is 0.0988. The number of carbonyl (C=O) groups is 2. The van der Waals surface area contributed by atoms with E-state index in [4.69, 9.17) is 4.74 Å². The minimum Gasteiger partial charge on any atom is -0.455 e. The second-order valence-electron chi connectivity index (χ2n) is 3.72. The third kappa shape index (κ3) is 3.43. The van der Waals surface area contributed by atoms with E-state index in [9.17, 15) is 14.7 Å². The summed E-state index contributed by atoms with van der Waals surface area (Å²) < 4.78 is 9.42. The van der Waals surface area contributed by atoms with Gasteiger partial charge < -0.3 is 14.6 Å². The van der Waals surface area contributed by atoms with Crippen LogP contribution < -0.4 is 0 Å². The predicted octanol–water partition coefficient (Wildman–Crippen LogP) is 1.12. The molecule has 5 nitrogen and oxygen atoms in total. The number of hydrogen-bond donors (Lipinski definition) is 1. The van der Waals surface area contributed by atoms with E-state index in [1.54, 1.807) is 30.3 Å². The van der Waals surface area contributed by atoms with Gasteiger partial charge in [-0.1, -0.05) is 36.9 Å². The molecule has 0 aliphatic rings. The Morgan fingerprint density at radius 1 is 1.44 bits per heavy atom. The fraction of sp³-hybridized carbons (Fsp3) is 0.231. The SMILES string of the molecule is C=C(C)C(=O)OCC(O)(OC=O)c1ccccc1. The summed E-state index contributed by atoms with van der Waals surface area (Å²) in [5.41, 5.74) is 0.503. The van der Waals surface area contributed by atoms with Crippen LogP contribution in [0.15, 0.2) is 42.5 Å². The van der Waals surface area contributed by atoms with Crippen molar-refractivity contribution in [3.05, 3.63) is 48.0 Å². The Morgan fingerprint density at radius 2 is 2.06 bits per heavy atom. The van der Waals surface area contributed by atoms with Gasteiger partial charge in [-0.15, -0.1) is 0 Å². The molecule has 0 heterocycles. The van der Waals surface area contributed by atoms with Crippen molar-refractivity contribution < 1.29 is 24.2 Å². The first-order chi connectivity index (χ1) is 8.49. The lowest BCUT2D eigenvalue weighted by Crippen LogP contribution is -2.35. The van der Waals surface area contributed by atoms with Crippen LogP contribution in [0.2, 0.25) is 0 Å². The van der Waals surface area contributed by atoms with Crippen LogP contribution in [0.25, 0.3) is 0 Å². The summed E-state index contributed by atoms with van der Waals surface area (Å²) in [7, 11) is 0. The normalized spacial score (nSPS) is 13.2. The molecule has 1 atom stereocenters. The number of rotatable bonds is 6. The van der Waals surface area contributed by atoms with Crippen LogP contribution in [0.4, 0.5) is 0 Å². The molecule has 0 spiro atoms. The Morgan fingerprint density at radius 3 is 2.56 bits per heavy atom. The average Bonchev–Trinajstić information content (AvgIpc) is 2.37. The van der Waals surface area contributed by atoms with E-state index in [1.807, 2.05) is 0 Å². The Labute approximate surface area is 105 Å². The molecule has 0 saturated carbocycles. The maximum atomic E-state index is 11.2. The lowest BCUT2D eigenvalue weighted by Gasteiger charge is -2.25. The Balaban J connectivity index is 2.84. The summed E-state index contributed by atoms with van der Waals surface area (Å²) in [4.78, 5) is 21.7. The summed E-state index contributed by atoms with van der Waals surface area (Å²) >= 11 is 0. The summed E-state index contributed by atoms with van der Waals surface area (Å²) in [6, 6.07) is 8.17. The molecule has 1 rings (SSSR count). The van der Waals surface area contributed by atoms with E-state index in [0.717, 1.165) is 0 Å². The van der Waals surface area contributed by atoms with Crippen molar-refractivity contribution in [2.45, 2.75) is 12.7 Å². The monoisotopic (exact) mass is 250 g/mol. The van der Waals surface area contributed by atoms with Gasteiger partial charge in [-0.3, -0.25) is 4.79 Å². The summed E-state index contributed by atoms with van der Waals surface area (Å²) in [6.07, 6.45) is 0. The second kappa shape index (κ2) is 5.97. The Hall–Kier alpha value is -2.14. The summed E-state index contributed by atoms with van der Waals surface area (Å²) in [5.74, 6) is -2.66. The number of carbonyl (C=O) groups excluding carboxylic acids is 2. The standard InChI is InChI=1S/C13H14O5/c1-10(2)12(15)17-8-13(16,18-9-14)11-6-4-3-5-7-11/h3-7,9,16H,1,8H2,2H3. The van der Waals surface area contributed by atoms with Crippen LogP contribution in [0.3, 0.4) is 0 Å². The van der Waals surface area contributed by atoms with Crippen LogP contribution in [0.1, 0.15) is 12.5 Å². The highest BCUT2D eigenvalue weighted by atomic mass is 16.7. The predicted molar refractivity (Wildman–Crippen MR) is 63.3 cm³/mol. The van der Waals surface area contributed by atoms with Gasteiger partial charge in [-0.2, -0.15) is 0 Å². The van der Waals surface area contributed by atoms with E-state index >= 15 is 0 Å². The lowest BCUT2D eigenvalue weighted by atomic mass is 10.1. The van der Waals surface area contributed by atoms with E-state index in [2.05, 4.69) is 11.3 Å². The topological polar surface area (TPSA) is 72.8 Å². The van der Waals surface area contributed by atoms with Gasteiger partial charge in [0, 0.05) is 11.1 Å². The summed E-state index contributed by atoms with van der Waals surface area (Å²) in [5, 5.41) is 10.2. The van der Waals surface area contributed by atoms with Gasteiger partial charge in [-0.05, 0) is 6.92 Å². The molecule has 0 bridgehead atoms. The zero-order valence-corrected chi connectivity index (χ0v) is 9.96. The molecule has 0 radical (unpaired) electrons. The number of hydrogen-bond acceptors (Lipinski definition) is 5. The molecule has 0 saturated heterocycles. The van der Waals surface area contributed by atoms with E-state index in [1.165, 1.54) is 6.92 Å².